The highest BCUT2D eigenvalue weighted by atomic mass is 16.5. The predicted molar refractivity (Wildman–Crippen MR) is 129 cm³/mol. The van der Waals surface area contributed by atoms with Crippen LogP contribution in [0.15, 0.2) is 60.7 Å². The van der Waals surface area contributed by atoms with Crippen molar-refractivity contribution in [2.45, 2.75) is 13.5 Å². The third kappa shape index (κ3) is 4.65. The lowest BCUT2D eigenvalue weighted by molar-refractivity contribution is -0.142. The summed E-state index contributed by atoms with van der Waals surface area (Å²) < 4.78 is 10.7. The van der Waals surface area contributed by atoms with Gasteiger partial charge in [-0.05, 0) is 53.6 Å². The van der Waals surface area contributed by atoms with Crippen LogP contribution >= 0.6 is 0 Å². The molecule has 0 bridgehead atoms. The van der Waals surface area contributed by atoms with E-state index in [4.69, 9.17) is 9.47 Å². The highest BCUT2D eigenvalue weighted by Gasteiger charge is 2.47. The first-order chi connectivity index (χ1) is 16.8. The molecule has 1 aliphatic rings. The topological polar surface area (TPSA) is 96.5 Å². The van der Waals surface area contributed by atoms with Crippen molar-refractivity contribution in [3.8, 4) is 11.5 Å². The molecular formula is C26H25N3O6. The van der Waals surface area contributed by atoms with Gasteiger partial charge in [0.2, 0.25) is 5.91 Å². The van der Waals surface area contributed by atoms with Crippen LogP contribution in [0.1, 0.15) is 12.5 Å². The molecule has 0 radical (unpaired) electrons. The van der Waals surface area contributed by atoms with E-state index in [0.717, 1.165) is 27.0 Å². The van der Waals surface area contributed by atoms with E-state index >= 15 is 0 Å². The largest absolute Gasteiger partial charge is 0.497 e. The maximum atomic E-state index is 13.0. The van der Waals surface area contributed by atoms with Gasteiger partial charge in [-0.3, -0.25) is 14.4 Å². The SMILES string of the molecule is CCOc1ccccc1N1C(=O)C(=O)N(CC(=O)N(C)Cc2ccc3cc(OC)ccc3c2)C1=O. The van der Waals surface area contributed by atoms with E-state index in [9.17, 15) is 19.2 Å². The van der Waals surface area contributed by atoms with E-state index in [-0.39, 0.29) is 12.2 Å². The molecule has 9 nitrogen and oxygen atoms in total. The molecule has 0 N–H and O–H groups in total. The first kappa shape index (κ1) is 23.7. The molecule has 0 saturated carbocycles. The number of carbonyl (C=O) groups is 4. The Balaban J connectivity index is 1.47. The number of hydrogen-bond donors (Lipinski definition) is 0. The van der Waals surface area contributed by atoms with Gasteiger partial charge < -0.3 is 14.4 Å². The molecule has 0 unspecified atom stereocenters. The Hall–Kier alpha value is -4.40. The number of rotatable bonds is 8. The molecule has 9 heteroatoms. The van der Waals surface area contributed by atoms with Gasteiger partial charge in [0.05, 0.1) is 19.4 Å². The van der Waals surface area contributed by atoms with Crippen molar-refractivity contribution < 1.29 is 28.7 Å². The van der Waals surface area contributed by atoms with Crippen LogP contribution in [0.2, 0.25) is 0 Å². The van der Waals surface area contributed by atoms with Gasteiger partial charge in [0.15, 0.2) is 0 Å². The van der Waals surface area contributed by atoms with E-state index < -0.39 is 30.3 Å². The molecule has 1 aliphatic heterocycles. The van der Waals surface area contributed by atoms with Crippen molar-refractivity contribution in [1.29, 1.82) is 0 Å². The zero-order chi connectivity index (χ0) is 25.1. The average Bonchev–Trinajstić information content (AvgIpc) is 3.07. The van der Waals surface area contributed by atoms with Crippen LogP contribution < -0.4 is 14.4 Å². The number of urea groups is 1. The second kappa shape index (κ2) is 9.84. The quantitative estimate of drug-likeness (QED) is 0.367. The Morgan fingerprint density at radius 1 is 0.943 bits per heavy atom. The number of anilines is 1. The molecule has 0 atom stereocenters. The number of amides is 5. The monoisotopic (exact) mass is 475 g/mol. The Labute approximate surface area is 202 Å². The van der Waals surface area contributed by atoms with E-state index in [1.807, 2.05) is 36.4 Å². The summed E-state index contributed by atoms with van der Waals surface area (Å²) in [5, 5.41) is 1.99. The highest BCUT2D eigenvalue weighted by Crippen LogP contribution is 2.31. The third-order valence-electron chi connectivity index (χ3n) is 5.71. The minimum atomic E-state index is -1.05. The zero-order valence-corrected chi connectivity index (χ0v) is 19.7. The molecule has 4 rings (SSSR count). The molecule has 3 aromatic rings. The average molecular weight is 476 g/mol. The number of methoxy groups -OCH3 is 1. The Morgan fingerprint density at radius 2 is 1.66 bits per heavy atom. The summed E-state index contributed by atoms with van der Waals surface area (Å²) in [5.41, 5.74) is 1.04. The van der Waals surface area contributed by atoms with Crippen LogP contribution in [0.25, 0.3) is 10.8 Å². The smallest absolute Gasteiger partial charge is 0.339 e. The fourth-order valence-electron chi connectivity index (χ4n) is 3.89. The Kier molecular flexibility index (Phi) is 6.68. The first-order valence-corrected chi connectivity index (χ1v) is 11.1. The fourth-order valence-corrected chi connectivity index (χ4v) is 3.89. The molecular weight excluding hydrogens is 450 g/mol. The first-order valence-electron chi connectivity index (χ1n) is 11.1. The Bertz CT molecular complexity index is 1320. The number of hydrogen-bond acceptors (Lipinski definition) is 6. The van der Waals surface area contributed by atoms with Crippen LogP contribution in [0.3, 0.4) is 0 Å². The maximum Gasteiger partial charge on any atom is 0.339 e. The van der Waals surface area contributed by atoms with Crippen molar-refractivity contribution in [1.82, 2.24) is 9.80 Å². The van der Waals surface area contributed by atoms with Crippen molar-refractivity contribution in [3.05, 3.63) is 66.2 Å². The molecule has 1 fully saturated rings. The van der Waals surface area contributed by atoms with Gasteiger partial charge in [-0.15, -0.1) is 0 Å². The third-order valence-corrected chi connectivity index (χ3v) is 5.71. The molecule has 1 saturated heterocycles. The van der Waals surface area contributed by atoms with Gasteiger partial charge >= 0.3 is 17.8 Å². The summed E-state index contributed by atoms with van der Waals surface area (Å²) >= 11 is 0. The number of likely N-dealkylation sites (N-methyl/N-ethyl adjacent to an activating group) is 1. The molecule has 5 amide bonds. The summed E-state index contributed by atoms with van der Waals surface area (Å²) in [5.74, 6) is -1.51. The number of ether oxygens (including phenoxy) is 2. The van der Waals surface area contributed by atoms with Crippen molar-refractivity contribution >= 4 is 40.2 Å². The summed E-state index contributed by atoms with van der Waals surface area (Å²) in [6.07, 6.45) is 0. The number of fused-ring (bicyclic) bond motifs is 1. The second-order valence-electron chi connectivity index (χ2n) is 8.01. The van der Waals surface area contributed by atoms with Crippen molar-refractivity contribution in [3.63, 3.8) is 0 Å². The van der Waals surface area contributed by atoms with Gasteiger partial charge in [0.25, 0.3) is 0 Å². The highest BCUT2D eigenvalue weighted by molar-refractivity contribution is 6.53. The molecule has 0 aromatic heterocycles. The normalized spacial score (nSPS) is 13.5. The Morgan fingerprint density at radius 3 is 2.40 bits per heavy atom. The minimum Gasteiger partial charge on any atom is -0.497 e. The zero-order valence-electron chi connectivity index (χ0n) is 19.7. The second-order valence-corrected chi connectivity index (χ2v) is 8.01. The number of nitrogens with zero attached hydrogens (tertiary/aromatic N) is 3. The van der Waals surface area contributed by atoms with Gasteiger partial charge in [-0.25, -0.2) is 14.6 Å². The number of carbonyl (C=O) groups excluding carboxylic acids is 4. The summed E-state index contributed by atoms with van der Waals surface area (Å²) in [4.78, 5) is 53.9. The van der Waals surface area contributed by atoms with Gasteiger partial charge in [0, 0.05) is 13.6 Å². The van der Waals surface area contributed by atoms with E-state index in [1.165, 1.54) is 11.0 Å². The fraction of sp³-hybridized carbons (Fsp3) is 0.231. The van der Waals surface area contributed by atoms with Crippen LogP contribution in [0, 0.1) is 0 Å². The van der Waals surface area contributed by atoms with E-state index in [2.05, 4.69) is 0 Å². The number of benzene rings is 3. The van der Waals surface area contributed by atoms with Crippen molar-refractivity contribution in [2.75, 3.05) is 32.2 Å². The maximum absolute atomic E-state index is 13.0. The molecule has 180 valence electrons. The lowest BCUT2D eigenvalue weighted by atomic mass is 10.1. The van der Waals surface area contributed by atoms with E-state index in [1.54, 1.807) is 39.3 Å². The molecule has 0 aliphatic carbocycles. The van der Waals surface area contributed by atoms with E-state index in [0.29, 0.717) is 17.3 Å². The van der Waals surface area contributed by atoms with Gasteiger partial charge in [0.1, 0.15) is 18.0 Å². The van der Waals surface area contributed by atoms with Crippen LogP contribution in [0.4, 0.5) is 10.5 Å². The van der Waals surface area contributed by atoms with Gasteiger partial charge in [-0.1, -0.05) is 30.3 Å². The molecule has 1 heterocycles. The summed E-state index contributed by atoms with van der Waals surface area (Å²) in [6.45, 7) is 1.80. The van der Waals surface area contributed by atoms with Crippen LogP contribution in [-0.4, -0.2) is 60.9 Å². The predicted octanol–water partition coefficient (Wildman–Crippen LogP) is 3.20. The lowest BCUT2D eigenvalue weighted by Crippen LogP contribution is -2.42. The van der Waals surface area contributed by atoms with Gasteiger partial charge in [-0.2, -0.15) is 0 Å². The van der Waals surface area contributed by atoms with Crippen molar-refractivity contribution in [2.24, 2.45) is 0 Å². The summed E-state index contributed by atoms with van der Waals surface area (Å²) in [6, 6.07) is 17.1. The van der Waals surface area contributed by atoms with Crippen LogP contribution in [-0.2, 0) is 20.9 Å². The van der Waals surface area contributed by atoms with Crippen LogP contribution in [0.5, 0.6) is 11.5 Å². The molecule has 35 heavy (non-hydrogen) atoms. The number of para-hydroxylation sites is 2. The minimum absolute atomic E-state index is 0.161. The lowest BCUT2D eigenvalue weighted by Gasteiger charge is -2.21. The summed E-state index contributed by atoms with van der Waals surface area (Å²) in [7, 11) is 3.19. The number of imide groups is 2. The standard InChI is InChI=1S/C26H25N3O6/c1-4-35-22-8-6-5-7-21(22)29-25(32)24(31)28(26(29)33)16-23(30)27(2)15-17-9-10-19-14-20(34-3)12-11-18(19)13-17/h5-14H,4,15-16H2,1-3H3. The molecule has 0 spiro atoms. The molecule has 3 aromatic carbocycles.